The molecule has 0 fully saturated rings. The Kier molecular flexibility index (Phi) is 4.24. The Morgan fingerprint density at radius 2 is 2.19 bits per heavy atom. The van der Waals surface area contributed by atoms with Gasteiger partial charge in [0.05, 0.1) is 5.69 Å². The van der Waals surface area contributed by atoms with Crippen molar-refractivity contribution in [3.63, 3.8) is 0 Å². The first-order valence-electron chi connectivity index (χ1n) is 6.20. The number of carbonyl (C=O) groups is 1. The molecule has 8 heteroatoms. The van der Waals surface area contributed by atoms with Crippen LogP contribution in [0, 0.1) is 0 Å². The molecule has 0 spiro atoms. The molecule has 1 N–H and O–H groups in total. The smallest absolute Gasteiger partial charge is 0.435 e. The monoisotopic (exact) mass is 310 g/mol. The van der Waals surface area contributed by atoms with Crippen molar-refractivity contribution in [2.24, 2.45) is 0 Å². The third kappa shape index (κ3) is 3.77. The topological polar surface area (TPSA) is 90.1 Å². The van der Waals surface area contributed by atoms with Crippen molar-refractivity contribution < 1.29 is 14.6 Å². The van der Waals surface area contributed by atoms with Crippen LogP contribution in [0.2, 0.25) is 5.15 Å². The lowest BCUT2D eigenvalue weighted by atomic mass is 10.1. The van der Waals surface area contributed by atoms with E-state index in [1.54, 1.807) is 20.8 Å². The van der Waals surface area contributed by atoms with Gasteiger partial charge in [0.1, 0.15) is 23.2 Å². The molecule has 1 unspecified atom stereocenters. The van der Waals surface area contributed by atoms with Gasteiger partial charge in [0, 0.05) is 18.0 Å². The summed E-state index contributed by atoms with van der Waals surface area (Å²) in [5, 5.41) is 14.3. The van der Waals surface area contributed by atoms with E-state index in [2.05, 4.69) is 15.1 Å². The van der Waals surface area contributed by atoms with E-state index < -0.39 is 17.8 Å². The second-order valence-electron chi connectivity index (χ2n) is 5.34. The van der Waals surface area contributed by atoms with Gasteiger partial charge in [0.15, 0.2) is 0 Å². The van der Waals surface area contributed by atoms with Gasteiger partial charge in [-0.25, -0.2) is 14.8 Å². The minimum absolute atomic E-state index is 0.129. The molecule has 0 saturated carbocycles. The highest BCUT2D eigenvalue weighted by atomic mass is 35.5. The van der Waals surface area contributed by atoms with E-state index in [1.165, 1.54) is 24.8 Å². The lowest BCUT2D eigenvalue weighted by Crippen LogP contribution is -2.27. The second-order valence-corrected chi connectivity index (χ2v) is 5.69. The van der Waals surface area contributed by atoms with Crippen LogP contribution in [0.1, 0.15) is 38.1 Å². The summed E-state index contributed by atoms with van der Waals surface area (Å²) in [6.45, 7) is 5.27. The van der Waals surface area contributed by atoms with Crippen LogP contribution in [0.25, 0.3) is 0 Å². The van der Waals surface area contributed by atoms with Gasteiger partial charge in [-0.1, -0.05) is 11.6 Å². The predicted octanol–water partition coefficient (Wildman–Crippen LogP) is 2.19. The predicted molar refractivity (Wildman–Crippen MR) is 75.0 cm³/mol. The molecule has 1 atom stereocenters. The molecular formula is C13H15ClN4O3. The van der Waals surface area contributed by atoms with Crippen LogP contribution in [-0.2, 0) is 4.74 Å². The van der Waals surface area contributed by atoms with Crippen molar-refractivity contribution in [3.05, 3.63) is 41.2 Å². The molecule has 0 saturated heterocycles. The fourth-order valence-corrected chi connectivity index (χ4v) is 1.76. The highest BCUT2D eigenvalue weighted by Gasteiger charge is 2.22. The average Bonchev–Trinajstić information content (AvgIpc) is 2.86. The SMILES string of the molecule is CC(C)(C)OC(=O)n1ccc(C(O)c2cncnc2Cl)n1. The zero-order valence-electron chi connectivity index (χ0n) is 11.8. The first-order chi connectivity index (χ1) is 9.78. The average molecular weight is 311 g/mol. The highest BCUT2D eigenvalue weighted by molar-refractivity contribution is 6.30. The third-order valence-corrected chi connectivity index (χ3v) is 2.77. The normalized spacial score (nSPS) is 13.0. The lowest BCUT2D eigenvalue weighted by molar-refractivity contribution is 0.0512. The first kappa shape index (κ1) is 15.4. The molecule has 2 heterocycles. The molecule has 0 aromatic carbocycles. The number of aliphatic hydroxyl groups is 1. The Hall–Kier alpha value is -1.99. The van der Waals surface area contributed by atoms with Crippen LogP contribution in [0.5, 0.6) is 0 Å². The molecule has 0 aliphatic rings. The molecule has 2 rings (SSSR count). The summed E-state index contributed by atoms with van der Waals surface area (Å²) < 4.78 is 6.19. The molecular weight excluding hydrogens is 296 g/mol. The Morgan fingerprint density at radius 3 is 2.81 bits per heavy atom. The van der Waals surface area contributed by atoms with E-state index in [9.17, 15) is 9.90 Å². The lowest BCUT2D eigenvalue weighted by Gasteiger charge is -2.18. The van der Waals surface area contributed by atoms with E-state index in [0.29, 0.717) is 5.56 Å². The minimum atomic E-state index is -1.12. The summed E-state index contributed by atoms with van der Waals surface area (Å²) in [5.74, 6) is 0. The largest absolute Gasteiger partial charge is 0.442 e. The van der Waals surface area contributed by atoms with Crippen molar-refractivity contribution in [1.29, 1.82) is 0 Å². The molecule has 0 amide bonds. The highest BCUT2D eigenvalue weighted by Crippen LogP contribution is 2.24. The molecule has 0 bridgehead atoms. The zero-order chi connectivity index (χ0) is 15.6. The van der Waals surface area contributed by atoms with Crippen LogP contribution < -0.4 is 0 Å². The van der Waals surface area contributed by atoms with Gasteiger partial charge < -0.3 is 9.84 Å². The van der Waals surface area contributed by atoms with E-state index in [1.807, 2.05) is 0 Å². The van der Waals surface area contributed by atoms with Crippen LogP contribution in [0.15, 0.2) is 24.8 Å². The molecule has 0 aliphatic heterocycles. The molecule has 21 heavy (non-hydrogen) atoms. The number of rotatable bonds is 2. The van der Waals surface area contributed by atoms with Gasteiger partial charge in [-0.2, -0.15) is 9.78 Å². The van der Waals surface area contributed by atoms with Gasteiger partial charge in [0.2, 0.25) is 0 Å². The van der Waals surface area contributed by atoms with E-state index >= 15 is 0 Å². The number of aromatic nitrogens is 4. The van der Waals surface area contributed by atoms with Crippen molar-refractivity contribution in [3.8, 4) is 0 Å². The van der Waals surface area contributed by atoms with Crippen molar-refractivity contribution >= 4 is 17.7 Å². The quantitative estimate of drug-likeness (QED) is 0.855. The van der Waals surface area contributed by atoms with Gasteiger partial charge >= 0.3 is 6.09 Å². The number of nitrogens with zero attached hydrogens (tertiary/aromatic N) is 4. The fraction of sp³-hybridized carbons (Fsp3) is 0.385. The molecule has 0 radical (unpaired) electrons. The fourth-order valence-electron chi connectivity index (χ4n) is 1.56. The zero-order valence-corrected chi connectivity index (χ0v) is 12.6. The van der Waals surface area contributed by atoms with Crippen LogP contribution >= 0.6 is 11.6 Å². The standard InChI is InChI=1S/C13H15ClN4O3/c1-13(2,3)21-12(20)18-5-4-9(17-18)10(19)8-6-15-7-16-11(8)14/h4-7,10,19H,1-3H3. The van der Waals surface area contributed by atoms with Crippen molar-refractivity contribution in [2.75, 3.05) is 0 Å². The maximum atomic E-state index is 11.8. The Labute approximate surface area is 126 Å². The van der Waals surface area contributed by atoms with Gasteiger partial charge in [-0.15, -0.1) is 0 Å². The van der Waals surface area contributed by atoms with Gasteiger partial charge in [-0.3, -0.25) is 0 Å². The maximum absolute atomic E-state index is 11.8. The van der Waals surface area contributed by atoms with Crippen LogP contribution in [0.4, 0.5) is 4.79 Å². The van der Waals surface area contributed by atoms with Gasteiger partial charge in [-0.05, 0) is 26.8 Å². The second kappa shape index (κ2) is 5.79. The number of hydrogen-bond donors (Lipinski definition) is 1. The van der Waals surface area contributed by atoms with Crippen molar-refractivity contribution in [1.82, 2.24) is 19.7 Å². The third-order valence-electron chi connectivity index (χ3n) is 2.45. The number of halogens is 1. The molecule has 2 aromatic heterocycles. The molecule has 0 aliphatic carbocycles. The Morgan fingerprint density at radius 1 is 1.48 bits per heavy atom. The molecule has 112 valence electrons. The summed E-state index contributed by atoms with van der Waals surface area (Å²) in [4.78, 5) is 19.4. The Balaban J connectivity index is 2.20. The summed E-state index contributed by atoms with van der Waals surface area (Å²) in [5.41, 5.74) is -0.0653. The van der Waals surface area contributed by atoms with E-state index in [-0.39, 0.29) is 10.8 Å². The summed E-state index contributed by atoms with van der Waals surface area (Å²) >= 11 is 5.89. The van der Waals surface area contributed by atoms with E-state index in [0.717, 1.165) is 4.68 Å². The number of hydrogen-bond acceptors (Lipinski definition) is 6. The summed E-state index contributed by atoms with van der Waals surface area (Å²) in [6, 6.07) is 1.50. The number of ether oxygens (including phenoxy) is 1. The Bertz CT molecular complexity index is 651. The molecule has 2 aromatic rings. The molecule has 7 nitrogen and oxygen atoms in total. The maximum Gasteiger partial charge on any atom is 0.435 e. The number of carbonyl (C=O) groups excluding carboxylic acids is 1. The van der Waals surface area contributed by atoms with Crippen molar-refractivity contribution in [2.45, 2.75) is 32.5 Å². The summed E-state index contributed by atoms with van der Waals surface area (Å²) in [6.07, 6.45) is 2.33. The van der Waals surface area contributed by atoms with Gasteiger partial charge in [0.25, 0.3) is 0 Å². The van der Waals surface area contributed by atoms with Crippen LogP contribution in [0.3, 0.4) is 0 Å². The van der Waals surface area contributed by atoms with Crippen LogP contribution in [-0.4, -0.2) is 36.5 Å². The van der Waals surface area contributed by atoms with E-state index in [4.69, 9.17) is 16.3 Å². The first-order valence-corrected chi connectivity index (χ1v) is 6.58. The number of aliphatic hydroxyl groups excluding tert-OH is 1. The summed E-state index contributed by atoms with van der Waals surface area (Å²) in [7, 11) is 0. The minimum Gasteiger partial charge on any atom is -0.442 e.